The zero-order valence-corrected chi connectivity index (χ0v) is 14.4. The number of β-amino-alcohol motifs (C(OH)–C–C–N with tert-alkyl or cyclic N) is 1. The summed E-state index contributed by atoms with van der Waals surface area (Å²) >= 11 is 0. The van der Waals surface area contributed by atoms with E-state index in [0.29, 0.717) is 6.54 Å². The van der Waals surface area contributed by atoms with Crippen LogP contribution >= 0.6 is 0 Å². The molecule has 2 rings (SSSR count). The fourth-order valence-corrected chi connectivity index (χ4v) is 2.87. The van der Waals surface area contributed by atoms with Gasteiger partial charge >= 0.3 is 6.03 Å². The van der Waals surface area contributed by atoms with E-state index in [1.165, 1.54) is 12.8 Å². The number of hydrogen-bond acceptors (Lipinski definition) is 3. The average Bonchev–Trinajstić information content (AvgIpc) is 2.52. The summed E-state index contributed by atoms with van der Waals surface area (Å²) in [5, 5.41) is 15.7. The zero-order valence-electron chi connectivity index (χ0n) is 14.4. The van der Waals surface area contributed by atoms with Crippen molar-refractivity contribution in [1.82, 2.24) is 10.2 Å². The lowest BCUT2D eigenvalue weighted by Crippen LogP contribution is -2.43. The van der Waals surface area contributed by atoms with Gasteiger partial charge in [-0.2, -0.15) is 0 Å². The van der Waals surface area contributed by atoms with Gasteiger partial charge in [0.05, 0.1) is 6.10 Å². The van der Waals surface area contributed by atoms with E-state index >= 15 is 0 Å². The Bertz CT molecular complexity index is 525. The second kappa shape index (κ2) is 8.31. The highest BCUT2D eigenvalue weighted by Gasteiger charge is 2.18. The average molecular weight is 319 g/mol. The minimum Gasteiger partial charge on any atom is -0.390 e. The summed E-state index contributed by atoms with van der Waals surface area (Å²) in [7, 11) is 0. The summed E-state index contributed by atoms with van der Waals surface area (Å²) < 4.78 is 0. The first-order chi connectivity index (χ1) is 11.0. The number of nitrogens with one attached hydrogen (secondary N) is 2. The molecule has 1 atom stereocenters. The molecule has 1 unspecified atom stereocenters. The summed E-state index contributed by atoms with van der Waals surface area (Å²) in [4.78, 5) is 14.2. The largest absolute Gasteiger partial charge is 0.390 e. The Morgan fingerprint density at radius 3 is 2.74 bits per heavy atom. The molecule has 5 heteroatoms. The van der Waals surface area contributed by atoms with Gasteiger partial charge in [0.2, 0.25) is 0 Å². The standard InChI is InChI=1S/C18H29N3O2/c1-13-7-9-21(10-8-13)12-16(22)11-19-18(23)20-17-6-4-5-14(2)15(17)3/h4-6,13,16,22H,7-12H2,1-3H3,(H2,19,20,23). The van der Waals surface area contributed by atoms with Gasteiger partial charge in [0, 0.05) is 18.8 Å². The van der Waals surface area contributed by atoms with Crippen LogP contribution < -0.4 is 10.6 Å². The van der Waals surface area contributed by atoms with Crippen LogP contribution in [0.15, 0.2) is 18.2 Å². The molecular formula is C18H29N3O2. The molecule has 1 aliphatic heterocycles. The van der Waals surface area contributed by atoms with Gasteiger partial charge in [0.25, 0.3) is 0 Å². The van der Waals surface area contributed by atoms with E-state index in [2.05, 4.69) is 22.5 Å². The molecule has 0 bridgehead atoms. The second-order valence-corrected chi connectivity index (χ2v) is 6.72. The number of piperidine rings is 1. The van der Waals surface area contributed by atoms with Gasteiger partial charge in [-0.15, -0.1) is 0 Å². The highest BCUT2D eigenvalue weighted by Crippen LogP contribution is 2.18. The number of carbonyl (C=O) groups is 1. The van der Waals surface area contributed by atoms with Gasteiger partial charge in [-0.25, -0.2) is 4.79 Å². The van der Waals surface area contributed by atoms with E-state index in [1.807, 2.05) is 32.0 Å². The first-order valence-electron chi connectivity index (χ1n) is 8.47. The normalized spacial score (nSPS) is 17.7. The van der Waals surface area contributed by atoms with E-state index in [4.69, 9.17) is 0 Å². The number of aliphatic hydroxyl groups is 1. The third-order valence-electron chi connectivity index (χ3n) is 4.70. The minimum atomic E-state index is -0.534. The molecule has 0 aromatic heterocycles. The number of benzene rings is 1. The Morgan fingerprint density at radius 1 is 1.35 bits per heavy atom. The predicted octanol–water partition coefficient (Wildman–Crippen LogP) is 2.52. The van der Waals surface area contributed by atoms with Crippen LogP contribution in [0.1, 0.15) is 30.9 Å². The molecule has 0 spiro atoms. The Labute approximate surface area is 139 Å². The number of nitrogens with zero attached hydrogens (tertiary/aromatic N) is 1. The molecule has 1 saturated heterocycles. The van der Waals surface area contributed by atoms with Crippen LogP contribution in [0.3, 0.4) is 0 Å². The first-order valence-corrected chi connectivity index (χ1v) is 8.47. The third-order valence-corrected chi connectivity index (χ3v) is 4.70. The quantitative estimate of drug-likeness (QED) is 0.781. The minimum absolute atomic E-state index is 0.267. The Balaban J connectivity index is 1.72. The van der Waals surface area contributed by atoms with Crippen molar-refractivity contribution in [2.24, 2.45) is 5.92 Å². The topological polar surface area (TPSA) is 64.6 Å². The number of rotatable bonds is 5. The number of urea groups is 1. The SMILES string of the molecule is Cc1cccc(NC(=O)NCC(O)CN2CCC(C)CC2)c1C. The summed E-state index contributed by atoms with van der Waals surface area (Å²) in [6.45, 7) is 9.23. The van der Waals surface area contributed by atoms with E-state index in [1.54, 1.807) is 0 Å². The Kier molecular flexibility index (Phi) is 6.42. The molecule has 0 aliphatic carbocycles. The highest BCUT2D eigenvalue weighted by molar-refractivity contribution is 5.90. The lowest BCUT2D eigenvalue weighted by molar-refractivity contribution is 0.0924. The molecule has 2 amide bonds. The summed E-state index contributed by atoms with van der Waals surface area (Å²) in [6, 6.07) is 5.55. The maximum absolute atomic E-state index is 12.0. The van der Waals surface area contributed by atoms with E-state index in [0.717, 1.165) is 35.8 Å². The Morgan fingerprint density at radius 2 is 2.04 bits per heavy atom. The molecule has 0 saturated carbocycles. The molecular weight excluding hydrogens is 290 g/mol. The summed E-state index contributed by atoms with van der Waals surface area (Å²) in [5.74, 6) is 0.782. The highest BCUT2D eigenvalue weighted by atomic mass is 16.3. The lowest BCUT2D eigenvalue weighted by atomic mass is 9.99. The number of likely N-dealkylation sites (tertiary alicyclic amines) is 1. The molecule has 1 aliphatic rings. The van der Waals surface area contributed by atoms with Gasteiger partial charge in [-0.1, -0.05) is 19.1 Å². The smallest absolute Gasteiger partial charge is 0.319 e. The van der Waals surface area contributed by atoms with E-state index < -0.39 is 6.10 Å². The number of aliphatic hydroxyl groups excluding tert-OH is 1. The Hall–Kier alpha value is -1.59. The van der Waals surface area contributed by atoms with Gasteiger partial charge in [-0.05, 0) is 62.9 Å². The van der Waals surface area contributed by atoms with Crippen molar-refractivity contribution in [3.8, 4) is 0 Å². The molecule has 3 N–H and O–H groups in total. The van der Waals surface area contributed by atoms with Crippen molar-refractivity contribution in [1.29, 1.82) is 0 Å². The fourth-order valence-electron chi connectivity index (χ4n) is 2.87. The summed E-state index contributed by atoms with van der Waals surface area (Å²) in [5.41, 5.74) is 3.01. The second-order valence-electron chi connectivity index (χ2n) is 6.72. The van der Waals surface area contributed by atoms with Crippen LogP contribution in [-0.2, 0) is 0 Å². The van der Waals surface area contributed by atoms with Crippen LogP contribution in [0.4, 0.5) is 10.5 Å². The number of hydrogen-bond donors (Lipinski definition) is 3. The van der Waals surface area contributed by atoms with E-state index in [9.17, 15) is 9.90 Å². The molecule has 128 valence electrons. The number of anilines is 1. The predicted molar refractivity (Wildman–Crippen MR) is 93.8 cm³/mol. The van der Waals surface area contributed by atoms with Gasteiger partial charge in [-0.3, -0.25) is 0 Å². The van der Waals surface area contributed by atoms with Crippen molar-refractivity contribution in [2.75, 3.05) is 31.5 Å². The first kappa shape index (κ1) is 17.8. The zero-order chi connectivity index (χ0) is 16.8. The fraction of sp³-hybridized carbons (Fsp3) is 0.611. The summed E-state index contributed by atoms with van der Waals surface area (Å²) in [6.07, 6.45) is 1.84. The van der Waals surface area contributed by atoms with Crippen molar-refractivity contribution >= 4 is 11.7 Å². The van der Waals surface area contributed by atoms with Gasteiger partial charge < -0.3 is 20.6 Å². The number of amides is 2. The molecule has 5 nitrogen and oxygen atoms in total. The van der Waals surface area contributed by atoms with Crippen molar-refractivity contribution in [2.45, 2.75) is 39.7 Å². The van der Waals surface area contributed by atoms with Crippen molar-refractivity contribution in [3.05, 3.63) is 29.3 Å². The third kappa shape index (κ3) is 5.52. The molecule has 1 fully saturated rings. The maximum atomic E-state index is 12.0. The molecule has 0 radical (unpaired) electrons. The van der Waals surface area contributed by atoms with Gasteiger partial charge in [0.15, 0.2) is 0 Å². The van der Waals surface area contributed by atoms with Crippen LogP contribution in [-0.4, -0.2) is 48.3 Å². The van der Waals surface area contributed by atoms with Crippen LogP contribution in [0, 0.1) is 19.8 Å². The van der Waals surface area contributed by atoms with Crippen molar-refractivity contribution < 1.29 is 9.90 Å². The van der Waals surface area contributed by atoms with Gasteiger partial charge in [0.1, 0.15) is 0 Å². The lowest BCUT2D eigenvalue weighted by Gasteiger charge is -2.31. The number of carbonyl (C=O) groups excluding carboxylic acids is 1. The maximum Gasteiger partial charge on any atom is 0.319 e. The van der Waals surface area contributed by atoms with E-state index in [-0.39, 0.29) is 12.6 Å². The molecule has 1 aromatic rings. The van der Waals surface area contributed by atoms with Crippen molar-refractivity contribution in [3.63, 3.8) is 0 Å². The number of aryl methyl sites for hydroxylation is 1. The van der Waals surface area contributed by atoms with Crippen LogP contribution in [0.2, 0.25) is 0 Å². The molecule has 1 aromatic carbocycles. The van der Waals surface area contributed by atoms with Crippen LogP contribution in [0.5, 0.6) is 0 Å². The molecule has 23 heavy (non-hydrogen) atoms. The monoisotopic (exact) mass is 319 g/mol. The molecule has 1 heterocycles. The van der Waals surface area contributed by atoms with Crippen LogP contribution in [0.25, 0.3) is 0 Å².